The van der Waals surface area contributed by atoms with E-state index < -0.39 is 0 Å². The van der Waals surface area contributed by atoms with Gasteiger partial charge in [-0.2, -0.15) is 0 Å². The van der Waals surface area contributed by atoms with Gasteiger partial charge in [0.1, 0.15) is 18.0 Å². The Morgan fingerprint density at radius 3 is 2.44 bits per heavy atom. The number of carbonyl (C=O) groups excluding carboxylic acids is 1. The molecule has 168 valence electrons. The largest absolute Gasteiger partial charge is 0.437 e. The number of nitrogens with zero attached hydrogens (tertiary/aromatic N) is 1. The summed E-state index contributed by atoms with van der Waals surface area (Å²) in [6.45, 7) is 5.71. The highest BCUT2D eigenvalue weighted by atomic mass is 16.5. The summed E-state index contributed by atoms with van der Waals surface area (Å²) < 4.78 is 17.0. The maximum absolute atomic E-state index is 12.4. The lowest BCUT2D eigenvalue weighted by Gasteiger charge is -2.18. The van der Waals surface area contributed by atoms with Crippen molar-refractivity contribution >= 4 is 17.3 Å². The first kappa shape index (κ1) is 23.2. The molecule has 1 amide bonds. The van der Waals surface area contributed by atoms with Crippen LogP contribution in [0.4, 0.5) is 11.4 Å². The summed E-state index contributed by atoms with van der Waals surface area (Å²) in [6.07, 6.45) is 0. The van der Waals surface area contributed by atoms with Crippen molar-refractivity contribution in [3.8, 4) is 11.6 Å². The van der Waals surface area contributed by atoms with Crippen molar-refractivity contribution in [3.63, 3.8) is 0 Å². The van der Waals surface area contributed by atoms with Crippen LogP contribution in [0.1, 0.15) is 18.2 Å². The number of amides is 1. The van der Waals surface area contributed by atoms with Crippen molar-refractivity contribution in [1.29, 1.82) is 0 Å². The van der Waals surface area contributed by atoms with Crippen molar-refractivity contribution in [2.75, 3.05) is 37.0 Å². The van der Waals surface area contributed by atoms with Gasteiger partial charge in [0.2, 0.25) is 5.88 Å². The minimum atomic E-state index is -0.279. The van der Waals surface area contributed by atoms with Gasteiger partial charge in [-0.1, -0.05) is 48.5 Å². The number of rotatable bonds is 12. The number of pyridine rings is 1. The molecule has 0 spiro atoms. The molecule has 3 aromatic rings. The van der Waals surface area contributed by atoms with E-state index in [0.717, 1.165) is 11.3 Å². The molecule has 0 aliphatic carbocycles. The van der Waals surface area contributed by atoms with E-state index in [0.29, 0.717) is 49.4 Å². The molecule has 7 nitrogen and oxygen atoms in total. The quantitative estimate of drug-likeness (QED) is 0.398. The Labute approximate surface area is 188 Å². The normalized spacial score (nSPS) is 10.6. The lowest BCUT2D eigenvalue weighted by molar-refractivity contribution is -0.120. The fourth-order valence-corrected chi connectivity index (χ4v) is 2.97. The van der Waals surface area contributed by atoms with Crippen LogP contribution in [0.5, 0.6) is 11.6 Å². The third kappa shape index (κ3) is 7.37. The van der Waals surface area contributed by atoms with E-state index >= 15 is 0 Å². The fraction of sp³-hybridized carbons (Fsp3) is 0.280. The first-order valence-electron chi connectivity index (χ1n) is 10.6. The average molecular weight is 436 g/mol. The number of para-hydroxylation sites is 1. The number of nitrogens with one attached hydrogen (secondary N) is 2. The maximum Gasteiger partial charge on any atom is 0.250 e. The standard InChI is InChI=1S/C25H29N3O4/c1-3-30-18-23(29)28-24-22(26-14-15-31-17-20-10-6-4-7-11-20)16-19(2)27-25(24)32-21-12-8-5-9-13-21/h4-13,16H,3,14-15,17-18H2,1-2H3,(H,26,27)(H,28,29). The van der Waals surface area contributed by atoms with Crippen LogP contribution in [0.25, 0.3) is 0 Å². The predicted octanol–water partition coefficient (Wildman–Crippen LogP) is 4.79. The summed E-state index contributed by atoms with van der Waals surface area (Å²) in [6, 6.07) is 21.2. The third-order valence-corrected chi connectivity index (χ3v) is 4.45. The van der Waals surface area contributed by atoms with Gasteiger partial charge >= 0.3 is 0 Å². The number of aromatic nitrogens is 1. The number of aryl methyl sites for hydroxylation is 1. The lowest BCUT2D eigenvalue weighted by atomic mass is 10.2. The van der Waals surface area contributed by atoms with Gasteiger partial charge in [0, 0.05) is 18.8 Å². The van der Waals surface area contributed by atoms with Crippen LogP contribution in [0, 0.1) is 6.92 Å². The Morgan fingerprint density at radius 2 is 1.72 bits per heavy atom. The third-order valence-electron chi connectivity index (χ3n) is 4.45. The highest BCUT2D eigenvalue weighted by molar-refractivity contribution is 5.96. The second kappa shape index (κ2) is 12.4. The van der Waals surface area contributed by atoms with Crippen LogP contribution in [-0.2, 0) is 20.9 Å². The van der Waals surface area contributed by atoms with E-state index in [2.05, 4.69) is 15.6 Å². The molecular weight excluding hydrogens is 406 g/mol. The summed E-state index contributed by atoms with van der Waals surface area (Å²) in [5.41, 5.74) is 3.05. The monoisotopic (exact) mass is 435 g/mol. The van der Waals surface area contributed by atoms with Gasteiger partial charge in [-0.15, -0.1) is 0 Å². The number of anilines is 2. The molecule has 3 rings (SSSR count). The average Bonchev–Trinajstić information content (AvgIpc) is 2.81. The molecule has 0 unspecified atom stereocenters. The van der Waals surface area contributed by atoms with E-state index in [4.69, 9.17) is 14.2 Å². The zero-order valence-corrected chi connectivity index (χ0v) is 18.5. The summed E-state index contributed by atoms with van der Waals surface area (Å²) in [4.78, 5) is 16.9. The number of hydrogen-bond donors (Lipinski definition) is 2. The van der Waals surface area contributed by atoms with Crippen molar-refractivity contribution in [2.45, 2.75) is 20.5 Å². The Bertz CT molecular complexity index is 981. The zero-order valence-electron chi connectivity index (χ0n) is 18.5. The summed E-state index contributed by atoms with van der Waals surface area (Å²) in [5, 5.41) is 6.20. The molecular formula is C25H29N3O4. The van der Waals surface area contributed by atoms with Crippen molar-refractivity contribution in [3.05, 3.63) is 78.0 Å². The minimum Gasteiger partial charge on any atom is -0.437 e. The molecule has 2 N–H and O–H groups in total. The predicted molar refractivity (Wildman–Crippen MR) is 125 cm³/mol. The first-order chi connectivity index (χ1) is 15.7. The molecule has 0 saturated heterocycles. The van der Waals surface area contributed by atoms with Crippen LogP contribution in [0.3, 0.4) is 0 Å². The Balaban J connectivity index is 1.71. The SMILES string of the molecule is CCOCC(=O)Nc1c(NCCOCc2ccccc2)cc(C)nc1Oc1ccccc1. The molecule has 1 aromatic heterocycles. The molecule has 0 atom stereocenters. The molecule has 0 aliphatic heterocycles. The summed E-state index contributed by atoms with van der Waals surface area (Å²) in [5.74, 6) is 0.663. The van der Waals surface area contributed by atoms with Crippen LogP contribution >= 0.6 is 0 Å². The van der Waals surface area contributed by atoms with Gasteiger partial charge < -0.3 is 24.8 Å². The number of hydrogen-bond acceptors (Lipinski definition) is 6. The molecule has 0 bridgehead atoms. The van der Waals surface area contributed by atoms with Gasteiger partial charge in [0.25, 0.3) is 5.91 Å². The van der Waals surface area contributed by atoms with E-state index in [1.165, 1.54) is 0 Å². The van der Waals surface area contributed by atoms with Crippen molar-refractivity contribution in [2.24, 2.45) is 0 Å². The molecule has 0 fully saturated rings. The van der Waals surface area contributed by atoms with Crippen LogP contribution < -0.4 is 15.4 Å². The molecule has 0 aliphatic rings. The topological polar surface area (TPSA) is 81.7 Å². The zero-order chi connectivity index (χ0) is 22.6. The Hall–Kier alpha value is -3.42. The number of benzene rings is 2. The van der Waals surface area contributed by atoms with Gasteiger partial charge in [-0.3, -0.25) is 4.79 Å². The molecule has 7 heteroatoms. The Morgan fingerprint density at radius 1 is 1.00 bits per heavy atom. The summed E-state index contributed by atoms with van der Waals surface area (Å²) >= 11 is 0. The van der Waals surface area contributed by atoms with Crippen molar-refractivity contribution in [1.82, 2.24) is 4.98 Å². The van der Waals surface area contributed by atoms with Gasteiger partial charge in [0.05, 0.1) is 18.9 Å². The Kier molecular flexibility index (Phi) is 9.04. The molecule has 0 saturated carbocycles. The summed E-state index contributed by atoms with van der Waals surface area (Å²) in [7, 11) is 0. The van der Waals surface area contributed by atoms with Gasteiger partial charge in [0.15, 0.2) is 0 Å². The smallest absolute Gasteiger partial charge is 0.250 e. The second-order valence-corrected chi connectivity index (χ2v) is 7.06. The van der Waals surface area contributed by atoms with Crippen LogP contribution in [0.2, 0.25) is 0 Å². The van der Waals surface area contributed by atoms with Crippen LogP contribution in [0.15, 0.2) is 66.7 Å². The van der Waals surface area contributed by atoms with Gasteiger partial charge in [-0.05, 0) is 37.6 Å². The van der Waals surface area contributed by atoms with Gasteiger partial charge in [-0.25, -0.2) is 4.98 Å². The number of carbonyl (C=O) groups is 1. The second-order valence-electron chi connectivity index (χ2n) is 7.06. The van der Waals surface area contributed by atoms with Crippen molar-refractivity contribution < 1.29 is 19.0 Å². The van der Waals surface area contributed by atoms with E-state index in [1.54, 1.807) is 0 Å². The van der Waals surface area contributed by atoms with Crippen LogP contribution in [-0.4, -0.2) is 37.3 Å². The molecule has 32 heavy (non-hydrogen) atoms. The van der Waals surface area contributed by atoms with E-state index in [1.807, 2.05) is 80.6 Å². The molecule has 2 aromatic carbocycles. The lowest BCUT2D eigenvalue weighted by Crippen LogP contribution is -2.20. The molecule has 0 radical (unpaired) electrons. The highest BCUT2D eigenvalue weighted by Gasteiger charge is 2.17. The van der Waals surface area contributed by atoms with E-state index in [-0.39, 0.29) is 12.5 Å². The molecule has 1 heterocycles. The maximum atomic E-state index is 12.4. The highest BCUT2D eigenvalue weighted by Crippen LogP contribution is 2.34. The first-order valence-corrected chi connectivity index (χ1v) is 10.6. The van der Waals surface area contributed by atoms with E-state index in [9.17, 15) is 4.79 Å². The number of ether oxygens (including phenoxy) is 3. The minimum absolute atomic E-state index is 0.0468. The fourth-order valence-electron chi connectivity index (χ4n) is 2.97.